The molecule has 1 heterocycles. The maximum Gasteiger partial charge on any atom is 0.0609 e. The maximum atomic E-state index is 10.00. The van der Waals surface area contributed by atoms with Gasteiger partial charge in [-0.2, -0.15) is 0 Å². The summed E-state index contributed by atoms with van der Waals surface area (Å²) in [5.74, 6) is 0. The summed E-state index contributed by atoms with van der Waals surface area (Å²) in [5, 5.41) is 13.4. The number of aliphatic hydroxyl groups is 1. The van der Waals surface area contributed by atoms with Crippen LogP contribution in [0.25, 0.3) is 0 Å². The van der Waals surface area contributed by atoms with Crippen molar-refractivity contribution in [1.82, 2.24) is 5.32 Å². The predicted octanol–water partition coefficient (Wildman–Crippen LogP) is 1.29. The Hall–Kier alpha value is -0.0800. The van der Waals surface area contributed by atoms with Crippen LogP contribution in [0.5, 0.6) is 0 Å². The average molecular weight is 169 g/mol. The molecular weight excluding hydrogens is 150 g/mol. The number of hydrogen-bond acceptors (Lipinski definition) is 2. The first kappa shape index (κ1) is 8.52. The third-order valence-electron chi connectivity index (χ3n) is 3.64. The molecule has 1 saturated heterocycles. The molecule has 0 bridgehead atoms. The molecule has 2 N–H and O–H groups in total. The van der Waals surface area contributed by atoms with Crippen molar-refractivity contribution in [3.05, 3.63) is 0 Å². The van der Waals surface area contributed by atoms with Crippen LogP contribution >= 0.6 is 0 Å². The summed E-state index contributed by atoms with van der Waals surface area (Å²) >= 11 is 0. The van der Waals surface area contributed by atoms with E-state index in [0.29, 0.717) is 0 Å². The van der Waals surface area contributed by atoms with Crippen molar-refractivity contribution in [2.75, 3.05) is 13.1 Å². The quantitative estimate of drug-likeness (QED) is 0.572. The molecular formula is C10H19NO. The monoisotopic (exact) mass is 169 g/mol. The third kappa shape index (κ3) is 1.38. The van der Waals surface area contributed by atoms with E-state index in [-0.39, 0.29) is 11.5 Å². The zero-order valence-electron chi connectivity index (χ0n) is 7.68. The van der Waals surface area contributed by atoms with E-state index in [4.69, 9.17) is 0 Å². The SMILES string of the molecule is OC1CCCCCC12CCNC2. The number of rotatable bonds is 0. The van der Waals surface area contributed by atoms with Crippen LogP contribution in [0.4, 0.5) is 0 Å². The molecule has 1 saturated carbocycles. The minimum Gasteiger partial charge on any atom is -0.392 e. The standard InChI is InChI=1S/C10H19NO/c12-9-4-2-1-3-5-10(9)6-7-11-8-10/h9,11-12H,1-8H2. The maximum absolute atomic E-state index is 10.00. The lowest BCUT2D eigenvalue weighted by molar-refractivity contribution is 0.0322. The van der Waals surface area contributed by atoms with Gasteiger partial charge in [-0.05, 0) is 25.8 Å². The summed E-state index contributed by atoms with van der Waals surface area (Å²) in [7, 11) is 0. The fourth-order valence-electron chi connectivity index (χ4n) is 2.73. The summed E-state index contributed by atoms with van der Waals surface area (Å²) in [5.41, 5.74) is 0.260. The minimum atomic E-state index is -0.0324. The zero-order chi connectivity index (χ0) is 8.44. The smallest absolute Gasteiger partial charge is 0.0609 e. The average Bonchev–Trinajstić information content (AvgIpc) is 2.45. The Morgan fingerprint density at radius 2 is 2.08 bits per heavy atom. The number of aliphatic hydroxyl groups excluding tert-OH is 1. The van der Waals surface area contributed by atoms with Crippen molar-refractivity contribution in [3.8, 4) is 0 Å². The van der Waals surface area contributed by atoms with Crippen molar-refractivity contribution in [3.63, 3.8) is 0 Å². The summed E-state index contributed by atoms with van der Waals surface area (Å²) in [6.45, 7) is 2.16. The Balaban J connectivity index is 2.08. The van der Waals surface area contributed by atoms with Gasteiger partial charge in [0.15, 0.2) is 0 Å². The molecule has 2 heteroatoms. The Bertz CT molecular complexity index is 152. The number of hydrogen-bond donors (Lipinski definition) is 2. The molecule has 1 aliphatic heterocycles. The minimum absolute atomic E-state index is 0.0324. The summed E-state index contributed by atoms with van der Waals surface area (Å²) in [6, 6.07) is 0. The first-order valence-electron chi connectivity index (χ1n) is 5.22. The van der Waals surface area contributed by atoms with Crippen LogP contribution in [0.3, 0.4) is 0 Å². The lowest BCUT2D eigenvalue weighted by Crippen LogP contribution is -2.36. The van der Waals surface area contributed by atoms with Gasteiger partial charge in [-0.25, -0.2) is 0 Å². The molecule has 0 amide bonds. The Morgan fingerprint density at radius 3 is 2.83 bits per heavy atom. The summed E-state index contributed by atoms with van der Waals surface area (Å²) < 4.78 is 0. The van der Waals surface area contributed by atoms with E-state index in [2.05, 4.69) is 5.32 Å². The fraction of sp³-hybridized carbons (Fsp3) is 1.00. The van der Waals surface area contributed by atoms with Crippen LogP contribution in [-0.2, 0) is 0 Å². The van der Waals surface area contributed by atoms with Crippen molar-refractivity contribution in [2.45, 2.75) is 44.6 Å². The van der Waals surface area contributed by atoms with E-state index < -0.39 is 0 Å². The predicted molar refractivity (Wildman–Crippen MR) is 49.0 cm³/mol. The molecule has 2 unspecified atom stereocenters. The molecule has 2 rings (SSSR count). The second-order valence-corrected chi connectivity index (χ2v) is 4.40. The zero-order valence-corrected chi connectivity index (χ0v) is 7.68. The lowest BCUT2D eigenvalue weighted by Gasteiger charge is -2.31. The highest BCUT2D eigenvalue weighted by Crippen LogP contribution is 2.39. The molecule has 12 heavy (non-hydrogen) atoms. The highest BCUT2D eigenvalue weighted by Gasteiger charge is 2.40. The summed E-state index contributed by atoms with van der Waals surface area (Å²) in [4.78, 5) is 0. The first-order valence-corrected chi connectivity index (χ1v) is 5.22. The van der Waals surface area contributed by atoms with Gasteiger partial charge in [0.05, 0.1) is 6.10 Å². The van der Waals surface area contributed by atoms with Gasteiger partial charge in [0.1, 0.15) is 0 Å². The van der Waals surface area contributed by atoms with Crippen molar-refractivity contribution < 1.29 is 5.11 Å². The van der Waals surface area contributed by atoms with Gasteiger partial charge in [-0.15, -0.1) is 0 Å². The second kappa shape index (κ2) is 3.35. The topological polar surface area (TPSA) is 32.3 Å². The van der Waals surface area contributed by atoms with Crippen molar-refractivity contribution in [2.24, 2.45) is 5.41 Å². The molecule has 0 aromatic heterocycles. The van der Waals surface area contributed by atoms with E-state index in [1.165, 1.54) is 32.1 Å². The molecule has 0 radical (unpaired) electrons. The largest absolute Gasteiger partial charge is 0.392 e. The van der Waals surface area contributed by atoms with Gasteiger partial charge < -0.3 is 10.4 Å². The Kier molecular flexibility index (Phi) is 2.37. The Labute approximate surface area is 74.4 Å². The highest BCUT2D eigenvalue weighted by atomic mass is 16.3. The third-order valence-corrected chi connectivity index (χ3v) is 3.64. The molecule has 70 valence electrons. The second-order valence-electron chi connectivity index (χ2n) is 4.40. The summed E-state index contributed by atoms with van der Waals surface area (Å²) in [6.07, 6.45) is 7.28. The molecule has 0 aromatic carbocycles. The van der Waals surface area contributed by atoms with Gasteiger partial charge >= 0.3 is 0 Å². The number of nitrogens with one attached hydrogen (secondary N) is 1. The van der Waals surface area contributed by atoms with Gasteiger partial charge in [0.2, 0.25) is 0 Å². The van der Waals surface area contributed by atoms with E-state index >= 15 is 0 Å². The van der Waals surface area contributed by atoms with E-state index in [1.807, 2.05) is 0 Å². The lowest BCUT2D eigenvalue weighted by atomic mass is 9.77. The van der Waals surface area contributed by atoms with E-state index in [0.717, 1.165) is 19.5 Å². The molecule has 2 aliphatic rings. The van der Waals surface area contributed by atoms with Crippen molar-refractivity contribution in [1.29, 1.82) is 0 Å². The van der Waals surface area contributed by atoms with Gasteiger partial charge in [0.25, 0.3) is 0 Å². The normalized spacial score (nSPS) is 43.2. The fourth-order valence-corrected chi connectivity index (χ4v) is 2.73. The van der Waals surface area contributed by atoms with E-state index in [1.54, 1.807) is 0 Å². The van der Waals surface area contributed by atoms with Gasteiger partial charge in [-0.3, -0.25) is 0 Å². The van der Waals surface area contributed by atoms with Crippen LogP contribution in [0.1, 0.15) is 38.5 Å². The molecule has 0 aromatic rings. The molecule has 2 nitrogen and oxygen atoms in total. The molecule has 2 fully saturated rings. The van der Waals surface area contributed by atoms with Crippen molar-refractivity contribution >= 4 is 0 Å². The van der Waals surface area contributed by atoms with Crippen LogP contribution < -0.4 is 5.32 Å². The highest BCUT2D eigenvalue weighted by molar-refractivity contribution is 4.94. The molecule has 1 aliphatic carbocycles. The van der Waals surface area contributed by atoms with E-state index in [9.17, 15) is 5.11 Å². The molecule has 2 atom stereocenters. The first-order chi connectivity index (χ1) is 5.83. The van der Waals surface area contributed by atoms with Crippen LogP contribution in [0.2, 0.25) is 0 Å². The van der Waals surface area contributed by atoms with Gasteiger partial charge in [-0.1, -0.05) is 19.3 Å². The Morgan fingerprint density at radius 1 is 1.17 bits per heavy atom. The molecule has 1 spiro atoms. The van der Waals surface area contributed by atoms with Crippen LogP contribution in [0.15, 0.2) is 0 Å². The van der Waals surface area contributed by atoms with Gasteiger partial charge in [0, 0.05) is 12.0 Å². The van der Waals surface area contributed by atoms with Crippen LogP contribution in [-0.4, -0.2) is 24.3 Å². The van der Waals surface area contributed by atoms with Crippen LogP contribution in [0, 0.1) is 5.41 Å².